The molecule has 0 aliphatic heterocycles. The Morgan fingerprint density at radius 1 is 0.484 bits per heavy atom. The average molecular weight is 483 g/mol. The van der Waals surface area contributed by atoms with Crippen molar-refractivity contribution >= 4 is 31.5 Å². The Labute approximate surface area is 197 Å². The smallest absolute Gasteiger partial charge is 0.382 e. The summed E-state index contributed by atoms with van der Waals surface area (Å²) in [7, 11) is -4.36. The maximum absolute atomic E-state index is 5.94. The van der Waals surface area contributed by atoms with Gasteiger partial charge in [0.1, 0.15) is 0 Å². The van der Waals surface area contributed by atoms with Crippen LogP contribution >= 0.6 is 0 Å². The summed E-state index contributed by atoms with van der Waals surface area (Å²) in [6.45, 7) is 22.6. The molecule has 0 unspecified atom stereocenters. The van der Waals surface area contributed by atoms with Gasteiger partial charge in [-0.2, -0.15) is 0 Å². The van der Waals surface area contributed by atoms with Crippen molar-refractivity contribution in [2.45, 2.75) is 97.4 Å². The van der Waals surface area contributed by atoms with Gasteiger partial charge in [0.05, 0.1) is 44.0 Å². The Balaban J connectivity index is 4.87. The molecule has 0 atom stereocenters. The Morgan fingerprint density at radius 2 is 0.710 bits per heavy atom. The van der Waals surface area contributed by atoms with E-state index in [-0.39, 0.29) is 0 Å². The Bertz CT molecular complexity index is 464. The molecular formula is C24H51BO3Si3. The van der Waals surface area contributed by atoms with Gasteiger partial charge >= 0.3 is 7.32 Å². The van der Waals surface area contributed by atoms with Gasteiger partial charge in [-0.3, -0.25) is 0 Å². The molecule has 0 radical (unpaired) electrons. The Hall–Kier alpha value is -0.184. The highest BCUT2D eigenvalue weighted by molar-refractivity contribution is 6.84. The van der Waals surface area contributed by atoms with Crippen LogP contribution < -0.4 is 0 Å². The van der Waals surface area contributed by atoms with Crippen LogP contribution in [-0.4, -0.2) is 51.4 Å². The summed E-state index contributed by atoms with van der Waals surface area (Å²) in [5.41, 5.74) is 7.22. The van der Waals surface area contributed by atoms with Gasteiger partial charge in [0, 0.05) is 0 Å². The Kier molecular flexibility index (Phi) is 16.3. The zero-order chi connectivity index (χ0) is 23.8. The molecule has 0 aliphatic carbocycles. The lowest BCUT2D eigenvalue weighted by Gasteiger charge is -2.20. The summed E-state index contributed by atoms with van der Waals surface area (Å²) in [6, 6.07) is 7.59. The van der Waals surface area contributed by atoms with Gasteiger partial charge in [0.2, 0.25) is 0 Å². The van der Waals surface area contributed by atoms with Crippen LogP contribution in [0.2, 0.25) is 55.9 Å². The monoisotopic (exact) mass is 482 g/mol. The molecular weight excluding hydrogens is 431 g/mol. The molecule has 180 valence electrons. The number of rotatable bonds is 18. The summed E-state index contributed by atoms with van der Waals surface area (Å²) in [4.78, 5) is 0. The van der Waals surface area contributed by atoms with E-state index in [0.717, 1.165) is 0 Å². The second-order valence-electron chi connectivity index (χ2n) is 9.58. The fourth-order valence-electron chi connectivity index (χ4n) is 3.00. The minimum Gasteiger partial charge on any atom is -0.382 e. The van der Waals surface area contributed by atoms with Crippen LogP contribution in [0.4, 0.5) is 0 Å². The second-order valence-corrected chi connectivity index (χ2v) is 24.7. The molecule has 0 aromatic rings. The first-order valence-electron chi connectivity index (χ1n) is 12.5. The standard InChI is InChI=1S/C24H51BO3Si3/c1-10-29(7,11-2)22-16-19-26-25(27-20-17-23-30(8,12-3)13-4)28-21-18-24-31(9,14-5)15-6/h16-18,22-24H,10-15,19-21H2,1-9H3/b22-16+,23-17+,24-18+. The van der Waals surface area contributed by atoms with E-state index in [2.05, 4.69) is 96.5 Å². The van der Waals surface area contributed by atoms with Crippen LogP contribution in [0, 0.1) is 0 Å². The third-order valence-electron chi connectivity index (χ3n) is 7.39. The minimum atomic E-state index is -1.25. The molecule has 0 saturated carbocycles. The number of hydrogen-bond acceptors (Lipinski definition) is 3. The van der Waals surface area contributed by atoms with Crippen LogP contribution in [0.5, 0.6) is 0 Å². The van der Waals surface area contributed by atoms with Gasteiger partial charge in [-0.05, 0) is 0 Å². The van der Waals surface area contributed by atoms with E-state index >= 15 is 0 Å². The van der Waals surface area contributed by atoms with Crippen molar-refractivity contribution in [2.75, 3.05) is 19.8 Å². The minimum absolute atomic E-state index is 0.535. The Morgan fingerprint density at radius 3 is 0.903 bits per heavy atom. The summed E-state index contributed by atoms with van der Waals surface area (Å²) in [6.07, 6.45) is 6.50. The van der Waals surface area contributed by atoms with E-state index in [1.165, 1.54) is 36.3 Å². The van der Waals surface area contributed by atoms with E-state index < -0.39 is 31.5 Å². The summed E-state index contributed by atoms with van der Waals surface area (Å²) in [5.74, 6) is 0. The van der Waals surface area contributed by atoms with E-state index in [4.69, 9.17) is 14.0 Å². The first-order chi connectivity index (χ1) is 14.6. The molecule has 0 bridgehead atoms. The zero-order valence-electron chi connectivity index (χ0n) is 22.1. The fourth-order valence-corrected chi connectivity index (χ4v) is 7.91. The summed E-state index contributed by atoms with van der Waals surface area (Å²) in [5, 5.41) is 0. The van der Waals surface area contributed by atoms with Gasteiger partial charge in [0.25, 0.3) is 0 Å². The van der Waals surface area contributed by atoms with Crippen molar-refractivity contribution < 1.29 is 14.0 Å². The van der Waals surface area contributed by atoms with E-state index in [1.54, 1.807) is 0 Å². The third kappa shape index (κ3) is 13.2. The molecule has 0 N–H and O–H groups in total. The molecule has 0 spiro atoms. The highest BCUT2D eigenvalue weighted by Gasteiger charge is 2.23. The largest absolute Gasteiger partial charge is 0.640 e. The van der Waals surface area contributed by atoms with Crippen molar-refractivity contribution in [3.63, 3.8) is 0 Å². The molecule has 0 rings (SSSR count). The van der Waals surface area contributed by atoms with Crippen molar-refractivity contribution in [3.8, 4) is 0 Å². The lowest BCUT2D eigenvalue weighted by Crippen LogP contribution is -2.30. The molecule has 31 heavy (non-hydrogen) atoms. The van der Waals surface area contributed by atoms with Crippen molar-refractivity contribution in [1.29, 1.82) is 0 Å². The predicted octanol–water partition coefficient (Wildman–Crippen LogP) is 7.66. The molecule has 0 aromatic carbocycles. The van der Waals surface area contributed by atoms with Crippen LogP contribution in [0.1, 0.15) is 41.5 Å². The normalized spacial score (nSPS) is 13.8. The first kappa shape index (κ1) is 30.8. The average Bonchev–Trinajstić information content (AvgIpc) is 2.80. The van der Waals surface area contributed by atoms with Gasteiger partial charge in [-0.25, -0.2) is 0 Å². The van der Waals surface area contributed by atoms with Gasteiger partial charge in [-0.1, -0.05) is 133 Å². The highest BCUT2D eigenvalue weighted by Crippen LogP contribution is 2.17. The molecule has 0 amide bonds. The van der Waals surface area contributed by atoms with Crippen LogP contribution in [0.15, 0.2) is 35.3 Å². The maximum atomic E-state index is 5.94. The quantitative estimate of drug-likeness (QED) is 0.188. The number of hydrogen-bond donors (Lipinski definition) is 0. The summed E-state index contributed by atoms with van der Waals surface area (Å²) < 4.78 is 17.8. The summed E-state index contributed by atoms with van der Waals surface area (Å²) >= 11 is 0. The lowest BCUT2D eigenvalue weighted by molar-refractivity contribution is 0.123. The molecule has 0 aliphatic rings. The molecule has 0 aromatic heterocycles. The van der Waals surface area contributed by atoms with Gasteiger partial charge in [-0.15, -0.1) is 0 Å². The zero-order valence-corrected chi connectivity index (χ0v) is 25.1. The molecule has 0 saturated heterocycles. The van der Waals surface area contributed by atoms with Crippen molar-refractivity contribution in [3.05, 3.63) is 35.3 Å². The molecule has 7 heteroatoms. The third-order valence-corrected chi connectivity index (χ3v) is 20.2. The van der Waals surface area contributed by atoms with Gasteiger partial charge < -0.3 is 14.0 Å². The predicted molar refractivity (Wildman–Crippen MR) is 149 cm³/mol. The fraction of sp³-hybridized carbons (Fsp3) is 0.750. The molecule has 0 heterocycles. The second kappa shape index (κ2) is 16.4. The SMILES string of the molecule is CC[Si](C)(/C=C/COB(OC/C=C/[Si](C)(CC)CC)OC/C=C/[Si](C)(CC)CC)CC. The van der Waals surface area contributed by atoms with Crippen LogP contribution in [0.3, 0.4) is 0 Å². The van der Waals surface area contributed by atoms with Crippen molar-refractivity contribution in [2.24, 2.45) is 0 Å². The first-order valence-corrected chi connectivity index (χ1v) is 21.5. The van der Waals surface area contributed by atoms with Gasteiger partial charge in [0.15, 0.2) is 0 Å². The lowest BCUT2D eigenvalue weighted by atomic mass is 10.2. The van der Waals surface area contributed by atoms with Crippen LogP contribution in [-0.2, 0) is 14.0 Å². The maximum Gasteiger partial charge on any atom is 0.640 e. The topological polar surface area (TPSA) is 27.7 Å². The van der Waals surface area contributed by atoms with E-state index in [1.807, 2.05) is 0 Å². The van der Waals surface area contributed by atoms with Crippen molar-refractivity contribution in [1.82, 2.24) is 0 Å². The van der Waals surface area contributed by atoms with E-state index in [9.17, 15) is 0 Å². The molecule has 0 fully saturated rings. The molecule has 3 nitrogen and oxygen atoms in total. The van der Waals surface area contributed by atoms with Crippen LogP contribution in [0.25, 0.3) is 0 Å². The highest BCUT2D eigenvalue weighted by atomic mass is 28.3. The van der Waals surface area contributed by atoms with E-state index in [0.29, 0.717) is 19.8 Å².